The highest BCUT2D eigenvalue weighted by atomic mass is 35.5. The van der Waals surface area contributed by atoms with Gasteiger partial charge in [-0.05, 0) is 30.3 Å². The second kappa shape index (κ2) is 3.96. The lowest BCUT2D eigenvalue weighted by molar-refractivity contribution is 1.28. The Morgan fingerprint density at radius 1 is 1.05 bits per heavy atom. The van der Waals surface area contributed by atoms with Crippen LogP contribution in [0, 0.1) is 11.3 Å². The first-order valence-corrected chi connectivity index (χ1v) is 6.55. The highest BCUT2D eigenvalue weighted by Gasteiger charge is 2.12. The van der Waals surface area contributed by atoms with Crippen LogP contribution >= 0.6 is 11.6 Å². The van der Waals surface area contributed by atoms with E-state index in [1.807, 2.05) is 52.9 Å². The van der Waals surface area contributed by atoms with E-state index in [1.165, 1.54) is 0 Å². The molecule has 2 heterocycles. The monoisotopic (exact) mass is 277 g/mol. The van der Waals surface area contributed by atoms with Gasteiger partial charge >= 0.3 is 0 Å². The van der Waals surface area contributed by atoms with Crippen molar-refractivity contribution in [3.05, 3.63) is 59.1 Å². The lowest BCUT2D eigenvalue weighted by Crippen LogP contribution is -1.92. The van der Waals surface area contributed by atoms with Crippen LogP contribution in [-0.2, 0) is 0 Å². The third-order valence-corrected chi connectivity index (χ3v) is 3.69. The molecule has 0 bridgehead atoms. The van der Waals surface area contributed by atoms with Gasteiger partial charge in [-0.2, -0.15) is 5.26 Å². The van der Waals surface area contributed by atoms with Crippen LogP contribution in [0.1, 0.15) is 5.56 Å². The van der Waals surface area contributed by atoms with Gasteiger partial charge in [0, 0.05) is 10.4 Å². The van der Waals surface area contributed by atoms with Gasteiger partial charge in [0.1, 0.15) is 6.07 Å². The third kappa shape index (κ3) is 1.43. The number of rotatable bonds is 0. The van der Waals surface area contributed by atoms with E-state index < -0.39 is 0 Å². The molecule has 3 nitrogen and oxygen atoms in total. The fourth-order valence-corrected chi connectivity index (χ4v) is 2.75. The van der Waals surface area contributed by atoms with Gasteiger partial charge in [-0.1, -0.05) is 29.8 Å². The maximum absolute atomic E-state index is 9.35. The molecular weight excluding hydrogens is 270 g/mol. The molecule has 0 atom stereocenters. The molecule has 0 unspecified atom stereocenters. The third-order valence-electron chi connectivity index (χ3n) is 3.46. The van der Waals surface area contributed by atoms with E-state index in [1.54, 1.807) is 0 Å². The Morgan fingerprint density at radius 2 is 1.90 bits per heavy atom. The largest absolute Gasteiger partial charge is 0.291 e. The number of halogens is 1. The molecule has 4 heteroatoms. The van der Waals surface area contributed by atoms with E-state index in [0.29, 0.717) is 16.2 Å². The van der Waals surface area contributed by atoms with Crippen molar-refractivity contribution in [3.8, 4) is 6.07 Å². The second-order valence-corrected chi connectivity index (χ2v) is 5.07. The molecule has 0 aliphatic carbocycles. The quantitative estimate of drug-likeness (QED) is 0.484. The number of pyridine rings is 1. The predicted octanol–water partition coefficient (Wildman–Crippen LogP) is 4.17. The van der Waals surface area contributed by atoms with Crippen molar-refractivity contribution in [2.75, 3.05) is 0 Å². The summed E-state index contributed by atoms with van der Waals surface area (Å²) in [5.74, 6) is 0. The zero-order valence-corrected chi connectivity index (χ0v) is 11.1. The van der Waals surface area contributed by atoms with Crippen molar-refractivity contribution in [2.24, 2.45) is 0 Å². The van der Waals surface area contributed by atoms with Crippen LogP contribution in [0.15, 0.2) is 48.5 Å². The molecule has 2 aromatic heterocycles. The van der Waals surface area contributed by atoms with Gasteiger partial charge in [0.15, 0.2) is 5.65 Å². The zero-order valence-electron chi connectivity index (χ0n) is 10.3. The number of nitriles is 1. The Morgan fingerprint density at radius 3 is 2.75 bits per heavy atom. The van der Waals surface area contributed by atoms with E-state index in [4.69, 9.17) is 11.6 Å². The number of benzene rings is 2. The van der Waals surface area contributed by atoms with E-state index in [9.17, 15) is 5.26 Å². The molecule has 94 valence electrons. The van der Waals surface area contributed by atoms with Crippen LogP contribution in [0.4, 0.5) is 0 Å². The molecular formula is C16H8ClN3. The lowest BCUT2D eigenvalue weighted by atomic mass is 10.1. The summed E-state index contributed by atoms with van der Waals surface area (Å²) in [4.78, 5) is 4.56. The fourth-order valence-electron chi connectivity index (χ4n) is 2.59. The number of nitrogens with zero attached hydrogens (tertiary/aromatic N) is 3. The Kier molecular flexibility index (Phi) is 2.23. The molecule has 0 fully saturated rings. The zero-order chi connectivity index (χ0) is 13.7. The van der Waals surface area contributed by atoms with Crippen molar-refractivity contribution in [1.29, 1.82) is 5.26 Å². The average molecular weight is 278 g/mol. The molecule has 0 saturated carbocycles. The Hall–Kier alpha value is -2.57. The van der Waals surface area contributed by atoms with Gasteiger partial charge in [0.2, 0.25) is 0 Å². The minimum absolute atomic E-state index is 0.566. The van der Waals surface area contributed by atoms with Gasteiger partial charge < -0.3 is 0 Å². The van der Waals surface area contributed by atoms with Gasteiger partial charge in [0.05, 0.1) is 22.1 Å². The summed E-state index contributed by atoms with van der Waals surface area (Å²) >= 11 is 6.11. The van der Waals surface area contributed by atoms with Crippen LogP contribution in [-0.4, -0.2) is 9.38 Å². The molecule has 0 aliphatic rings. The summed E-state index contributed by atoms with van der Waals surface area (Å²) in [7, 11) is 0. The molecule has 0 N–H and O–H groups in total. The molecule has 0 aliphatic heterocycles. The summed E-state index contributed by atoms with van der Waals surface area (Å²) in [5, 5.41) is 11.0. The molecule has 0 amide bonds. The van der Waals surface area contributed by atoms with E-state index in [-0.39, 0.29) is 0 Å². The van der Waals surface area contributed by atoms with Crippen molar-refractivity contribution in [3.63, 3.8) is 0 Å². The molecule has 0 radical (unpaired) electrons. The van der Waals surface area contributed by atoms with Crippen LogP contribution < -0.4 is 0 Å². The molecule has 0 spiro atoms. The maximum atomic E-state index is 9.35. The second-order valence-electron chi connectivity index (χ2n) is 4.63. The van der Waals surface area contributed by atoms with E-state index >= 15 is 0 Å². The van der Waals surface area contributed by atoms with Gasteiger partial charge in [0.25, 0.3) is 0 Å². The fraction of sp³-hybridized carbons (Fsp3) is 0. The Balaban J connectivity index is 2.39. The van der Waals surface area contributed by atoms with Crippen molar-refractivity contribution >= 4 is 39.2 Å². The first-order chi connectivity index (χ1) is 9.78. The Labute approximate surface area is 119 Å². The van der Waals surface area contributed by atoms with Crippen LogP contribution in [0.5, 0.6) is 0 Å². The summed E-state index contributed by atoms with van der Waals surface area (Å²) in [6.07, 6.45) is 0. The number of para-hydroxylation sites is 2. The minimum atomic E-state index is 0.566. The minimum Gasteiger partial charge on any atom is -0.291 e. The van der Waals surface area contributed by atoms with Gasteiger partial charge in [-0.3, -0.25) is 4.40 Å². The molecule has 4 aromatic rings. The summed E-state index contributed by atoms with van der Waals surface area (Å²) in [5.41, 5.74) is 4.04. The molecule has 4 rings (SSSR count). The predicted molar refractivity (Wildman–Crippen MR) is 79.9 cm³/mol. The Bertz CT molecular complexity index is 1020. The van der Waals surface area contributed by atoms with Gasteiger partial charge in [-0.15, -0.1) is 0 Å². The number of hydrogen-bond acceptors (Lipinski definition) is 2. The summed E-state index contributed by atoms with van der Waals surface area (Å²) in [6.45, 7) is 0. The molecule has 0 saturated heterocycles. The lowest BCUT2D eigenvalue weighted by Gasteiger charge is -2.05. The van der Waals surface area contributed by atoms with E-state index in [2.05, 4.69) is 11.1 Å². The number of hydrogen-bond donors (Lipinski definition) is 0. The van der Waals surface area contributed by atoms with E-state index in [0.717, 1.165) is 21.9 Å². The number of imidazole rings is 1. The summed E-state index contributed by atoms with van der Waals surface area (Å²) in [6, 6.07) is 17.6. The summed E-state index contributed by atoms with van der Waals surface area (Å²) < 4.78 is 2.00. The molecule has 20 heavy (non-hydrogen) atoms. The standard InChI is InChI=1S/C16H8ClN3/c17-12-6-5-10-7-11(9-18)16-19-13-3-1-2-4-14(13)20(16)15(10)8-12/h1-8H. The first kappa shape index (κ1) is 11.3. The van der Waals surface area contributed by atoms with Crippen LogP contribution in [0.25, 0.3) is 27.6 Å². The highest BCUT2D eigenvalue weighted by Crippen LogP contribution is 2.27. The van der Waals surface area contributed by atoms with Crippen molar-refractivity contribution in [1.82, 2.24) is 9.38 Å². The SMILES string of the molecule is N#Cc1cc2ccc(Cl)cc2n2c1nc1ccccc12. The normalized spacial score (nSPS) is 11.2. The first-order valence-electron chi connectivity index (χ1n) is 6.17. The van der Waals surface area contributed by atoms with Gasteiger partial charge in [-0.25, -0.2) is 4.98 Å². The van der Waals surface area contributed by atoms with Crippen molar-refractivity contribution < 1.29 is 0 Å². The van der Waals surface area contributed by atoms with Crippen molar-refractivity contribution in [2.45, 2.75) is 0 Å². The topological polar surface area (TPSA) is 41.1 Å². The smallest absolute Gasteiger partial charge is 0.156 e. The van der Waals surface area contributed by atoms with Crippen LogP contribution in [0.2, 0.25) is 5.02 Å². The number of fused-ring (bicyclic) bond motifs is 5. The maximum Gasteiger partial charge on any atom is 0.156 e. The molecule has 2 aromatic carbocycles. The van der Waals surface area contributed by atoms with Crippen LogP contribution in [0.3, 0.4) is 0 Å². The average Bonchev–Trinajstić information content (AvgIpc) is 2.86. The highest BCUT2D eigenvalue weighted by molar-refractivity contribution is 6.31. The number of aromatic nitrogens is 2.